The molecule has 0 spiro atoms. The van der Waals surface area contributed by atoms with Crippen molar-refractivity contribution in [2.45, 2.75) is 45.2 Å². The molecule has 98 valence electrons. The first kappa shape index (κ1) is 13.1. The van der Waals surface area contributed by atoms with E-state index in [1.807, 2.05) is 38.1 Å². The van der Waals surface area contributed by atoms with Crippen molar-refractivity contribution >= 4 is 5.97 Å². The molecule has 1 N–H and O–H groups in total. The monoisotopic (exact) mass is 247 g/mol. The van der Waals surface area contributed by atoms with E-state index in [1.165, 1.54) is 0 Å². The molecule has 1 heterocycles. The molecule has 0 aromatic heterocycles. The second-order valence-corrected chi connectivity index (χ2v) is 5.43. The van der Waals surface area contributed by atoms with Crippen molar-refractivity contribution in [2.75, 3.05) is 6.54 Å². The second-order valence-electron chi connectivity index (χ2n) is 5.43. The number of carboxylic acid groups (broad SMARTS) is 1. The second kappa shape index (κ2) is 4.73. The number of carboxylic acids is 1. The Balaban J connectivity index is 2.43. The van der Waals surface area contributed by atoms with Gasteiger partial charge in [0, 0.05) is 6.04 Å². The zero-order valence-electron chi connectivity index (χ0n) is 11.3. The third-order valence-corrected chi connectivity index (χ3v) is 4.16. The number of aliphatic carboxylic acids is 1. The Morgan fingerprint density at radius 2 is 2.00 bits per heavy atom. The van der Waals surface area contributed by atoms with E-state index in [2.05, 4.69) is 11.8 Å². The van der Waals surface area contributed by atoms with Gasteiger partial charge in [0.05, 0.1) is 0 Å². The molecule has 0 bridgehead atoms. The third kappa shape index (κ3) is 2.03. The fourth-order valence-electron chi connectivity index (χ4n) is 2.89. The minimum Gasteiger partial charge on any atom is -0.480 e. The third-order valence-electron chi connectivity index (χ3n) is 4.16. The molecule has 18 heavy (non-hydrogen) atoms. The van der Waals surface area contributed by atoms with Gasteiger partial charge in [-0.25, -0.2) is 4.79 Å². The summed E-state index contributed by atoms with van der Waals surface area (Å²) in [5, 5.41) is 9.69. The maximum absolute atomic E-state index is 11.8. The Bertz CT molecular complexity index is 440. The van der Waals surface area contributed by atoms with Crippen molar-refractivity contribution in [3.8, 4) is 0 Å². The smallest absolute Gasteiger partial charge is 0.328 e. The number of hydrogen-bond donors (Lipinski definition) is 1. The summed E-state index contributed by atoms with van der Waals surface area (Å²) in [5.41, 5.74) is 1.11. The lowest BCUT2D eigenvalue weighted by Gasteiger charge is -2.38. The number of aryl methyl sites for hydroxylation is 1. The van der Waals surface area contributed by atoms with Gasteiger partial charge in [0.25, 0.3) is 0 Å². The van der Waals surface area contributed by atoms with E-state index in [0.717, 1.165) is 30.5 Å². The zero-order valence-corrected chi connectivity index (χ0v) is 11.3. The molecule has 0 amide bonds. The van der Waals surface area contributed by atoms with Gasteiger partial charge in [-0.15, -0.1) is 0 Å². The predicted octanol–water partition coefficient (Wildman–Crippen LogP) is 2.78. The van der Waals surface area contributed by atoms with E-state index >= 15 is 0 Å². The van der Waals surface area contributed by atoms with Crippen molar-refractivity contribution in [3.05, 3.63) is 35.4 Å². The van der Waals surface area contributed by atoms with Gasteiger partial charge in [-0.2, -0.15) is 0 Å². The van der Waals surface area contributed by atoms with Crippen LogP contribution in [0.2, 0.25) is 0 Å². The van der Waals surface area contributed by atoms with Crippen molar-refractivity contribution in [2.24, 2.45) is 0 Å². The van der Waals surface area contributed by atoms with Crippen LogP contribution in [0, 0.1) is 6.92 Å². The SMILES string of the molecule is Cc1ccc(C(C)(C(=O)O)N2CCCC2C)cc1. The highest BCUT2D eigenvalue weighted by molar-refractivity contribution is 5.80. The van der Waals surface area contributed by atoms with Crippen LogP contribution in [0.5, 0.6) is 0 Å². The summed E-state index contributed by atoms with van der Waals surface area (Å²) in [7, 11) is 0. The Hall–Kier alpha value is -1.35. The van der Waals surface area contributed by atoms with Crippen LogP contribution in [-0.4, -0.2) is 28.6 Å². The summed E-state index contributed by atoms with van der Waals surface area (Å²) in [4.78, 5) is 13.9. The summed E-state index contributed by atoms with van der Waals surface area (Å²) in [6.07, 6.45) is 2.16. The normalized spacial score (nSPS) is 23.8. The lowest BCUT2D eigenvalue weighted by Crippen LogP contribution is -2.51. The Labute approximate surface area is 108 Å². The first-order chi connectivity index (χ1) is 8.46. The molecular formula is C15H21NO2. The molecule has 2 atom stereocenters. The van der Waals surface area contributed by atoms with Crippen LogP contribution < -0.4 is 0 Å². The number of carbonyl (C=O) groups is 1. The predicted molar refractivity (Wildman–Crippen MR) is 71.6 cm³/mol. The number of hydrogen-bond acceptors (Lipinski definition) is 2. The van der Waals surface area contributed by atoms with Crippen LogP contribution in [-0.2, 0) is 10.3 Å². The van der Waals surface area contributed by atoms with Gasteiger partial charge in [-0.1, -0.05) is 29.8 Å². The summed E-state index contributed by atoms with van der Waals surface area (Å²) in [6.45, 7) is 6.81. The standard InChI is InChI=1S/C15H21NO2/c1-11-6-8-13(9-7-11)15(3,14(17)18)16-10-4-5-12(16)2/h6-9,12H,4-5,10H2,1-3H3,(H,17,18). The largest absolute Gasteiger partial charge is 0.480 e. The highest BCUT2D eigenvalue weighted by Crippen LogP contribution is 2.35. The molecule has 1 saturated heterocycles. The van der Waals surface area contributed by atoms with E-state index in [9.17, 15) is 9.90 Å². The van der Waals surface area contributed by atoms with E-state index < -0.39 is 11.5 Å². The average Bonchev–Trinajstić information content (AvgIpc) is 2.75. The van der Waals surface area contributed by atoms with Crippen molar-refractivity contribution in [3.63, 3.8) is 0 Å². The van der Waals surface area contributed by atoms with E-state index in [0.29, 0.717) is 6.04 Å². The van der Waals surface area contributed by atoms with Crippen LogP contribution >= 0.6 is 0 Å². The molecule has 0 saturated carbocycles. The molecule has 1 aromatic carbocycles. The molecule has 1 aliphatic heterocycles. The Morgan fingerprint density at radius 3 is 2.44 bits per heavy atom. The highest BCUT2D eigenvalue weighted by Gasteiger charge is 2.44. The lowest BCUT2D eigenvalue weighted by molar-refractivity contribution is -0.152. The van der Waals surface area contributed by atoms with E-state index in [4.69, 9.17) is 0 Å². The van der Waals surface area contributed by atoms with Gasteiger partial charge in [-0.05, 0) is 45.7 Å². The van der Waals surface area contributed by atoms with Crippen molar-refractivity contribution in [1.82, 2.24) is 4.90 Å². The minimum atomic E-state index is -0.913. The maximum atomic E-state index is 11.8. The van der Waals surface area contributed by atoms with Crippen LogP contribution in [0.4, 0.5) is 0 Å². The average molecular weight is 247 g/mol. The summed E-state index contributed by atoms with van der Waals surface area (Å²) < 4.78 is 0. The van der Waals surface area contributed by atoms with Gasteiger partial charge >= 0.3 is 5.97 Å². The summed E-state index contributed by atoms with van der Waals surface area (Å²) >= 11 is 0. The van der Waals surface area contributed by atoms with Crippen LogP contribution in [0.3, 0.4) is 0 Å². The quantitative estimate of drug-likeness (QED) is 0.893. The fraction of sp³-hybridized carbons (Fsp3) is 0.533. The fourth-order valence-corrected chi connectivity index (χ4v) is 2.89. The van der Waals surface area contributed by atoms with E-state index in [1.54, 1.807) is 0 Å². The molecule has 3 heteroatoms. The molecule has 1 aliphatic rings. The maximum Gasteiger partial charge on any atom is 0.328 e. The van der Waals surface area contributed by atoms with Gasteiger partial charge in [0.2, 0.25) is 0 Å². The van der Waals surface area contributed by atoms with Crippen LogP contribution in [0.25, 0.3) is 0 Å². The molecule has 2 unspecified atom stereocenters. The Kier molecular flexibility index (Phi) is 3.44. The lowest BCUT2D eigenvalue weighted by atomic mass is 9.89. The minimum absolute atomic E-state index is 0.326. The van der Waals surface area contributed by atoms with Gasteiger partial charge in [0.1, 0.15) is 5.54 Å². The number of rotatable bonds is 3. The molecule has 0 radical (unpaired) electrons. The zero-order chi connectivity index (χ0) is 13.3. The molecule has 3 nitrogen and oxygen atoms in total. The molecular weight excluding hydrogens is 226 g/mol. The highest BCUT2D eigenvalue weighted by atomic mass is 16.4. The molecule has 2 rings (SSSR count). The summed E-state index contributed by atoms with van der Waals surface area (Å²) in [5.74, 6) is -0.764. The first-order valence-electron chi connectivity index (χ1n) is 6.53. The first-order valence-corrected chi connectivity index (χ1v) is 6.53. The van der Waals surface area contributed by atoms with Crippen LogP contribution in [0.1, 0.15) is 37.8 Å². The number of likely N-dealkylation sites (tertiary alicyclic amines) is 1. The molecule has 0 aliphatic carbocycles. The van der Waals surface area contributed by atoms with Gasteiger partial charge < -0.3 is 5.11 Å². The van der Waals surface area contributed by atoms with Gasteiger partial charge in [0.15, 0.2) is 0 Å². The topological polar surface area (TPSA) is 40.5 Å². The van der Waals surface area contributed by atoms with Crippen LogP contribution in [0.15, 0.2) is 24.3 Å². The molecule has 1 aromatic rings. The van der Waals surface area contributed by atoms with Gasteiger partial charge in [-0.3, -0.25) is 4.90 Å². The number of nitrogens with zero attached hydrogens (tertiary/aromatic N) is 1. The van der Waals surface area contributed by atoms with Crippen molar-refractivity contribution in [1.29, 1.82) is 0 Å². The van der Waals surface area contributed by atoms with E-state index in [-0.39, 0.29) is 0 Å². The Morgan fingerprint density at radius 1 is 1.39 bits per heavy atom. The number of benzene rings is 1. The molecule has 1 fully saturated rings. The van der Waals surface area contributed by atoms with Crippen molar-refractivity contribution < 1.29 is 9.90 Å². The summed E-state index contributed by atoms with van der Waals surface area (Å²) in [6, 6.07) is 8.17.